The van der Waals surface area contributed by atoms with Crippen molar-refractivity contribution in [2.45, 2.75) is 26.3 Å². The molecule has 16 heavy (non-hydrogen) atoms. The van der Waals surface area contributed by atoms with Crippen LogP contribution >= 0.6 is 0 Å². The Balaban J connectivity index is 2.99. The van der Waals surface area contributed by atoms with Crippen LogP contribution in [0.15, 0.2) is 4.79 Å². The molecule has 1 aromatic rings. The predicted molar refractivity (Wildman–Crippen MR) is 56.5 cm³/mol. The van der Waals surface area contributed by atoms with E-state index in [9.17, 15) is 17.1 Å². The first-order chi connectivity index (χ1) is 7.22. The fraction of sp³-hybridized carbons (Fsp3) is 0.750. The molecule has 0 atom stereocenters. The summed E-state index contributed by atoms with van der Waals surface area (Å²) in [6, 6.07) is 0. The molecule has 0 aliphatic heterocycles. The Kier molecular flexibility index (Phi) is 3.51. The summed E-state index contributed by atoms with van der Waals surface area (Å²) in [4.78, 5) is 11.6. The lowest BCUT2D eigenvalue weighted by Crippen LogP contribution is -2.25. The lowest BCUT2D eigenvalue weighted by atomic mass is 10.2. The molecular formula is C8H14FN3O3S. The Morgan fingerprint density at radius 2 is 2.00 bits per heavy atom. The first-order valence-corrected chi connectivity index (χ1v) is 6.33. The molecule has 0 radical (unpaired) electrons. The third-order valence-corrected chi connectivity index (χ3v) is 2.81. The summed E-state index contributed by atoms with van der Waals surface area (Å²) < 4.78 is 35.2. The number of rotatable bonds is 4. The van der Waals surface area contributed by atoms with E-state index in [1.54, 1.807) is 7.05 Å². The fourth-order valence-corrected chi connectivity index (χ4v) is 1.74. The molecule has 0 aliphatic rings. The van der Waals surface area contributed by atoms with Crippen LogP contribution in [0.5, 0.6) is 0 Å². The van der Waals surface area contributed by atoms with E-state index in [0.29, 0.717) is 5.82 Å². The van der Waals surface area contributed by atoms with Gasteiger partial charge in [-0.25, -0.2) is 9.48 Å². The first-order valence-electron chi connectivity index (χ1n) is 4.78. The van der Waals surface area contributed by atoms with Gasteiger partial charge in [-0.2, -0.15) is 13.5 Å². The summed E-state index contributed by atoms with van der Waals surface area (Å²) in [6.45, 7) is 3.45. The van der Waals surface area contributed by atoms with Gasteiger partial charge >= 0.3 is 15.9 Å². The normalized spacial score (nSPS) is 12.3. The topological polar surface area (TPSA) is 74.0 Å². The number of nitrogens with zero attached hydrogens (tertiary/aromatic N) is 3. The van der Waals surface area contributed by atoms with E-state index in [2.05, 4.69) is 5.10 Å². The Morgan fingerprint density at radius 1 is 1.44 bits per heavy atom. The van der Waals surface area contributed by atoms with Gasteiger partial charge in [0.15, 0.2) is 0 Å². The molecule has 0 unspecified atom stereocenters. The first kappa shape index (κ1) is 12.9. The van der Waals surface area contributed by atoms with Gasteiger partial charge in [-0.3, -0.25) is 4.57 Å². The Labute approximate surface area is 92.9 Å². The molecule has 0 fully saturated rings. The van der Waals surface area contributed by atoms with Crippen LogP contribution in [-0.4, -0.2) is 28.5 Å². The summed E-state index contributed by atoms with van der Waals surface area (Å²) in [6.07, 6.45) is 0. The molecule has 0 saturated heterocycles. The highest BCUT2D eigenvalue weighted by molar-refractivity contribution is 7.86. The average molecular weight is 251 g/mol. The van der Waals surface area contributed by atoms with Crippen LogP contribution in [0, 0.1) is 0 Å². The van der Waals surface area contributed by atoms with Crippen LogP contribution in [0.3, 0.4) is 0 Å². The van der Waals surface area contributed by atoms with Crippen molar-refractivity contribution in [3.63, 3.8) is 0 Å². The van der Waals surface area contributed by atoms with Gasteiger partial charge in [-0.1, -0.05) is 13.8 Å². The summed E-state index contributed by atoms with van der Waals surface area (Å²) in [5, 5.41) is 3.95. The van der Waals surface area contributed by atoms with E-state index < -0.39 is 21.7 Å². The number of hydrogen-bond donors (Lipinski definition) is 0. The molecule has 1 aromatic heterocycles. The summed E-state index contributed by atoms with van der Waals surface area (Å²) >= 11 is 0. The molecule has 0 N–H and O–H groups in total. The lowest BCUT2D eigenvalue weighted by Gasteiger charge is -2.00. The third-order valence-electron chi connectivity index (χ3n) is 2.14. The zero-order valence-electron chi connectivity index (χ0n) is 9.34. The average Bonchev–Trinajstić information content (AvgIpc) is 2.40. The maximum atomic E-state index is 12.3. The number of hydrogen-bond acceptors (Lipinski definition) is 4. The van der Waals surface area contributed by atoms with Gasteiger partial charge in [-0.15, -0.1) is 3.89 Å². The van der Waals surface area contributed by atoms with E-state index in [0.717, 1.165) is 4.68 Å². The molecule has 0 bridgehead atoms. The fourth-order valence-electron chi connectivity index (χ4n) is 1.35. The van der Waals surface area contributed by atoms with Crippen LogP contribution in [0.2, 0.25) is 0 Å². The molecule has 0 saturated carbocycles. The van der Waals surface area contributed by atoms with Crippen molar-refractivity contribution < 1.29 is 12.3 Å². The van der Waals surface area contributed by atoms with Gasteiger partial charge < -0.3 is 0 Å². The highest BCUT2D eigenvalue weighted by atomic mass is 32.3. The largest absolute Gasteiger partial charge is 0.345 e. The molecule has 6 nitrogen and oxygen atoms in total. The molecule has 0 amide bonds. The van der Waals surface area contributed by atoms with Crippen molar-refractivity contribution >= 4 is 10.2 Å². The quantitative estimate of drug-likeness (QED) is 0.706. The van der Waals surface area contributed by atoms with Crippen molar-refractivity contribution in [2.75, 3.05) is 5.75 Å². The highest BCUT2D eigenvalue weighted by Crippen LogP contribution is 2.07. The minimum absolute atomic E-state index is 0.0425. The molecule has 92 valence electrons. The number of aromatic nitrogens is 3. The number of halogens is 1. The SMILES string of the molecule is CC(C)c1nn(CCS(=O)(=O)F)c(=O)n1C. The molecular weight excluding hydrogens is 237 g/mol. The maximum absolute atomic E-state index is 12.3. The van der Waals surface area contributed by atoms with Crippen molar-refractivity contribution in [1.29, 1.82) is 0 Å². The van der Waals surface area contributed by atoms with E-state index in [4.69, 9.17) is 0 Å². The van der Waals surface area contributed by atoms with Crippen LogP contribution < -0.4 is 5.69 Å². The highest BCUT2D eigenvalue weighted by Gasteiger charge is 2.15. The molecule has 1 rings (SSSR count). The zero-order valence-corrected chi connectivity index (χ0v) is 10.2. The molecule has 8 heteroatoms. The van der Waals surface area contributed by atoms with E-state index >= 15 is 0 Å². The van der Waals surface area contributed by atoms with E-state index in [1.807, 2.05) is 13.8 Å². The molecule has 0 aromatic carbocycles. The second-order valence-electron chi connectivity index (χ2n) is 3.82. The smallest absolute Gasteiger partial charge is 0.282 e. The standard InChI is InChI=1S/C8H14FN3O3S/c1-6(2)7-10-12(8(13)11(7)3)4-5-16(9,14)15/h6H,4-5H2,1-3H3. The second kappa shape index (κ2) is 4.36. The van der Waals surface area contributed by atoms with Crippen molar-refractivity contribution in [3.05, 3.63) is 16.3 Å². The van der Waals surface area contributed by atoms with Crippen molar-refractivity contribution in [1.82, 2.24) is 14.3 Å². The van der Waals surface area contributed by atoms with Gasteiger partial charge in [0.1, 0.15) is 5.82 Å². The van der Waals surface area contributed by atoms with E-state index in [1.165, 1.54) is 4.57 Å². The third kappa shape index (κ3) is 2.91. The van der Waals surface area contributed by atoms with Gasteiger partial charge in [0.05, 0.1) is 12.3 Å². The molecule has 1 heterocycles. The minimum Gasteiger partial charge on any atom is -0.282 e. The van der Waals surface area contributed by atoms with Crippen LogP contribution in [0.4, 0.5) is 3.89 Å². The summed E-state index contributed by atoms with van der Waals surface area (Å²) in [5.74, 6) is -0.149. The zero-order chi connectivity index (χ0) is 12.5. The molecule has 0 spiro atoms. The molecule has 0 aliphatic carbocycles. The van der Waals surface area contributed by atoms with Gasteiger partial charge in [-0.05, 0) is 0 Å². The lowest BCUT2D eigenvalue weighted by molar-refractivity contribution is 0.535. The Hall–Kier alpha value is -1.18. The number of aryl methyl sites for hydroxylation is 1. The van der Waals surface area contributed by atoms with Crippen LogP contribution in [0.1, 0.15) is 25.6 Å². The van der Waals surface area contributed by atoms with Crippen LogP contribution in [-0.2, 0) is 23.8 Å². The van der Waals surface area contributed by atoms with E-state index in [-0.39, 0.29) is 12.5 Å². The van der Waals surface area contributed by atoms with Gasteiger partial charge in [0, 0.05) is 13.0 Å². The maximum Gasteiger partial charge on any atom is 0.345 e. The minimum atomic E-state index is -4.57. The Bertz CT molecular complexity index is 529. The van der Waals surface area contributed by atoms with Crippen molar-refractivity contribution in [2.24, 2.45) is 7.05 Å². The summed E-state index contributed by atoms with van der Waals surface area (Å²) in [5.41, 5.74) is -0.438. The van der Waals surface area contributed by atoms with Gasteiger partial charge in [0.25, 0.3) is 0 Å². The monoisotopic (exact) mass is 251 g/mol. The van der Waals surface area contributed by atoms with Crippen molar-refractivity contribution in [3.8, 4) is 0 Å². The predicted octanol–water partition coefficient (Wildman–Crippen LogP) is 0.00450. The Morgan fingerprint density at radius 3 is 2.38 bits per heavy atom. The van der Waals surface area contributed by atoms with Crippen LogP contribution in [0.25, 0.3) is 0 Å². The summed E-state index contributed by atoms with van der Waals surface area (Å²) in [7, 11) is -3.03. The van der Waals surface area contributed by atoms with Gasteiger partial charge in [0.2, 0.25) is 0 Å². The second-order valence-corrected chi connectivity index (χ2v) is 5.31.